The van der Waals surface area contributed by atoms with E-state index in [4.69, 9.17) is 4.42 Å². The van der Waals surface area contributed by atoms with Crippen LogP contribution in [0.5, 0.6) is 0 Å². The molecule has 0 bridgehead atoms. The average Bonchev–Trinajstić information content (AvgIpc) is 3.42. The van der Waals surface area contributed by atoms with Crippen LogP contribution < -0.4 is 5.32 Å². The Kier molecular flexibility index (Phi) is 5.90. The molecule has 1 fully saturated rings. The molecule has 0 saturated carbocycles. The molecule has 1 aromatic heterocycles. The van der Waals surface area contributed by atoms with E-state index in [0.29, 0.717) is 38.4 Å². The Morgan fingerprint density at radius 1 is 1.10 bits per heavy atom. The number of carbonyl (C=O) groups excluding carboxylic acids is 2. The third kappa shape index (κ3) is 4.75. The van der Waals surface area contributed by atoms with Crippen molar-refractivity contribution in [1.82, 2.24) is 15.2 Å². The molecule has 0 spiro atoms. The SMILES string of the molecule is O=C(Cc1ccccc1)NCc1ccc(-c2nc(C(=O)N3CCC(O)C3)co2)cc1. The van der Waals surface area contributed by atoms with Crippen LogP contribution in [-0.2, 0) is 17.8 Å². The summed E-state index contributed by atoms with van der Waals surface area (Å²) in [5.74, 6) is 0.0882. The fourth-order valence-electron chi connectivity index (χ4n) is 3.40. The number of likely N-dealkylation sites (tertiary alicyclic amines) is 1. The van der Waals surface area contributed by atoms with Gasteiger partial charge < -0.3 is 19.7 Å². The Morgan fingerprint density at radius 2 is 1.87 bits per heavy atom. The minimum absolute atomic E-state index is 0.0341. The standard InChI is InChI=1S/C23H23N3O4/c27-19-10-11-26(14-19)23(29)20-15-30-22(25-20)18-8-6-17(7-9-18)13-24-21(28)12-16-4-2-1-3-5-16/h1-9,15,19,27H,10-14H2,(H,24,28). The maximum absolute atomic E-state index is 12.4. The molecule has 2 amide bonds. The molecule has 1 atom stereocenters. The maximum atomic E-state index is 12.4. The Balaban J connectivity index is 1.33. The first-order chi connectivity index (χ1) is 14.6. The lowest BCUT2D eigenvalue weighted by Crippen LogP contribution is -2.29. The van der Waals surface area contributed by atoms with E-state index in [1.807, 2.05) is 54.6 Å². The summed E-state index contributed by atoms with van der Waals surface area (Å²) in [5, 5.41) is 12.5. The molecule has 7 heteroatoms. The van der Waals surface area contributed by atoms with Gasteiger partial charge in [0, 0.05) is 25.2 Å². The number of rotatable bonds is 6. The van der Waals surface area contributed by atoms with Crippen LogP contribution in [0.2, 0.25) is 0 Å². The van der Waals surface area contributed by atoms with Crippen LogP contribution in [0.25, 0.3) is 11.5 Å². The molecule has 0 aliphatic carbocycles. The number of hydrogen-bond donors (Lipinski definition) is 2. The normalized spacial score (nSPS) is 15.9. The highest BCUT2D eigenvalue weighted by Crippen LogP contribution is 2.21. The van der Waals surface area contributed by atoms with Crippen molar-refractivity contribution in [3.8, 4) is 11.5 Å². The molecule has 0 radical (unpaired) electrons. The van der Waals surface area contributed by atoms with Crippen molar-refractivity contribution in [2.45, 2.75) is 25.5 Å². The molecule has 1 saturated heterocycles. The molecule has 1 aliphatic heterocycles. The van der Waals surface area contributed by atoms with E-state index in [1.54, 1.807) is 4.90 Å². The van der Waals surface area contributed by atoms with E-state index in [9.17, 15) is 14.7 Å². The van der Waals surface area contributed by atoms with E-state index >= 15 is 0 Å². The summed E-state index contributed by atoms with van der Waals surface area (Å²) in [5.41, 5.74) is 2.91. The monoisotopic (exact) mass is 405 g/mol. The molecule has 1 aliphatic rings. The van der Waals surface area contributed by atoms with Gasteiger partial charge >= 0.3 is 0 Å². The van der Waals surface area contributed by atoms with Gasteiger partial charge in [-0.2, -0.15) is 0 Å². The molecule has 2 heterocycles. The fraction of sp³-hybridized carbons (Fsp3) is 0.261. The summed E-state index contributed by atoms with van der Waals surface area (Å²) in [7, 11) is 0. The number of nitrogens with one attached hydrogen (secondary N) is 1. The number of benzene rings is 2. The predicted molar refractivity (Wildman–Crippen MR) is 110 cm³/mol. The summed E-state index contributed by atoms with van der Waals surface area (Å²) in [4.78, 5) is 30.4. The molecule has 2 aromatic carbocycles. The first-order valence-electron chi connectivity index (χ1n) is 9.91. The Morgan fingerprint density at radius 3 is 2.57 bits per heavy atom. The second-order valence-corrected chi connectivity index (χ2v) is 7.37. The molecular weight excluding hydrogens is 382 g/mol. The maximum Gasteiger partial charge on any atom is 0.275 e. The number of aliphatic hydroxyl groups is 1. The van der Waals surface area contributed by atoms with Crippen LogP contribution in [0.4, 0.5) is 0 Å². The summed E-state index contributed by atoms with van der Waals surface area (Å²) in [6.07, 6.45) is 1.81. The summed E-state index contributed by atoms with van der Waals surface area (Å²) in [6.45, 7) is 1.27. The smallest absolute Gasteiger partial charge is 0.275 e. The van der Waals surface area contributed by atoms with Crippen LogP contribution >= 0.6 is 0 Å². The number of carbonyl (C=O) groups is 2. The lowest BCUT2D eigenvalue weighted by atomic mass is 10.1. The second kappa shape index (κ2) is 8.92. The molecule has 3 aromatic rings. The molecule has 154 valence electrons. The van der Waals surface area contributed by atoms with Gasteiger partial charge in [0.15, 0.2) is 5.69 Å². The first-order valence-corrected chi connectivity index (χ1v) is 9.91. The van der Waals surface area contributed by atoms with Gasteiger partial charge in [0.05, 0.1) is 12.5 Å². The summed E-state index contributed by atoms with van der Waals surface area (Å²) >= 11 is 0. The van der Waals surface area contributed by atoms with E-state index < -0.39 is 6.10 Å². The third-order valence-electron chi connectivity index (χ3n) is 5.07. The zero-order valence-electron chi connectivity index (χ0n) is 16.5. The molecule has 7 nitrogen and oxygen atoms in total. The highest BCUT2D eigenvalue weighted by Gasteiger charge is 2.27. The van der Waals surface area contributed by atoms with Gasteiger partial charge in [0.2, 0.25) is 11.8 Å². The molecule has 4 rings (SSSR count). The minimum Gasteiger partial charge on any atom is -0.444 e. The molecular formula is C23H23N3O4. The average molecular weight is 405 g/mol. The lowest BCUT2D eigenvalue weighted by Gasteiger charge is -2.12. The topological polar surface area (TPSA) is 95.7 Å². The van der Waals surface area contributed by atoms with Crippen molar-refractivity contribution < 1.29 is 19.1 Å². The Hall–Kier alpha value is -3.45. The third-order valence-corrected chi connectivity index (χ3v) is 5.07. The number of β-amino-alcohol motifs (C(OH)–C–C–N with tert-alkyl or cyclic N) is 1. The molecule has 1 unspecified atom stereocenters. The Bertz CT molecular complexity index is 1010. The summed E-state index contributed by atoms with van der Waals surface area (Å²) < 4.78 is 5.47. The van der Waals surface area contributed by atoms with Crippen LogP contribution in [0, 0.1) is 0 Å². The zero-order chi connectivity index (χ0) is 20.9. The van der Waals surface area contributed by atoms with Crippen molar-refractivity contribution in [1.29, 1.82) is 0 Å². The van der Waals surface area contributed by atoms with E-state index in [0.717, 1.165) is 16.7 Å². The van der Waals surface area contributed by atoms with E-state index in [1.165, 1.54) is 6.26 Å². The van der Waals surface area contributed by atoms with Crippen molar-refractivity contribution in [2.24, 2.45) is 0 Å². The van der Waals surface area contributed by atoms with Gasteiger partial charge in [0.1, 0.15) is 6.26 Å². The van der Waals surface area contributed by atoms with Crippen molar-refractivity contribution in [3.63, 3.8) is 0 Å². The van der Waals surface area contributed by atoms with Gasteiger partial charge in [-0.25, -0.2) is 4.98 Å². The highest BCUT2D eigenvalue weighted by molar-refractivity contribution is 5.92. The van der Waals surface area contributed by atoms with E-state index in [-0.39, 0.29) is 17.5 Å². The van der Waals surface area contributed by atoms with Gasteiger partial charge in [-0.05, 0) is 29.7 Å². The van der Waals surface area contributed by atoms with E-state index in [2.05, 4.69) is 10.3 Å². The van der Waals surface area contributed by atoms with Crippen molar-refractivity contribution in [3.05, 3.63) is 77.7 Å². The lowest BCUT2D eigenvalue weighted by molar-refractivity contribution is -0.120. The van der Waals surface area contributed by atoms with Crippen LogP contribution in [0.15, 0.2) is 65.3 Å². The number of amides is 2. The molecule has 2 N–H and O–H groups in total. The largest absolute Gasteiger partial charge is 0.444 e. The number of aromatic nitrogens is 1. The highest BCUT2D eigenvalue weighted by atomic mass is 16.3. The van der Waals surface area contributed by atoms with Gasteiger partial charge in [-0.3, -0.25) is 9.59 Å². The van der Waals surface area contributed by atoms with Gasteiger partial charge in [-0.1, -0.05) is 42.5 Å². The van der Waals surface area contributed by atoms with Crippen LogP contribution in [-0.4, -0.2) is 46.0 Å². The summed E-state index contributed by atoms with van der Waals surface area (Å²) in [6, 6.07) is 17.1. The predicted octanol–water partition coefficient (Wildman–Crippen LogP) is 2.41. The molecule has 30 heavy (non-hydrogen) atoms. The van der Waals surface area contributed by atoms with Gasteiger partial charge in [0.25, 0.3) is 5.91 Å². The quantitative estimate of drug-likeness (QED) is 0.657. The Labute approximate surface area is 174 Å². The van der Waals surface area contributed by atoms with Crippen molar-refractivity contribution >= 4 is 11.8 Å². The number of oxazole rings is 1. The zero-order valence-corrected chi connectivity index (χ0v) is 16.5. The fourth-order valence-corrected chi connectivity index (χ4v) is 3.40. The second-order valence-electron chi connectivity index (χ2n) is 7.37. The minimum atomic E-state index is -0.471. The number of nitrogens with zero attached hydrogens (tertiary/aromatic N) is 2. The van der Waals surface area contributed by atoms with Crippen molar-refractivity contribution in [2.75, 3.05) is 13.1 Å². The van der Waals surface area contributed by atoms with Gasteiger partial charge in [-0.15, -0.1) is 0 Å². The van der Waals surface area contributed by atoms with Crippen LogP contribution in [0.3, 0.4) is 0 Å². The first kappa shape index (κ1) is 19.8. The number of aliphatic hydroxyl groups excluding tert-OH is 1. The van der Waals surface area contributed by atoms with Crippen LogP contribution in [0.1, 0.15) is 28.0 Å². The number of hydrogen-bond acceptors (Lipinski definition) is 5.